The Hall–Kier alpha value is -0.0400. The lowest BCUT2D eigenvalue weighted by atomic mass is 10.0. The van der Waals surface area contributed by atoms with Crippen LogP contribution in [0, 0.1) is 0 Å². The Kier molecular flexibility index (Phi) is 13.8. The van der Waals surface area contributed by atoms with Crippen molar-refractivity contribution in [3.8, 4) is 0 Å². The van der Waals surface area contributed by atoms with Gasteiger partial charge in [-0.15, -0.1) is 37.2 Å². The third kappa shape index (κ3) is 7.68. The molecule has 1 aromatic rings. The molecule has 0 amide bonds. The zero-order chi connectivity index (χ0) is 12.8. The van der Waals surface area contributed by atoms with Crippen LogP contribution in [-0.2, 0) is 6.54 Å². The van der Waals surface area contributed by atoms with Crippen LogP contribution in [0.5, 0.6) is 0 Å². The molecule has 21 heavy (non-hydrogen) atoms. The minimum atomic E-state index is 0. The van der Waals surface area contributed by atoms with Crippen molar-refractivity contribution in [2.24, 2.45) is 5.73 Å². The van der Waals surface area contributed by atoms with E-state index < -0.39 is 0 Å². The molecule has 0 bridgehead atoms. The summed E-state index contributed by atoms with van der Waals surface area (Å²) in [6.07, 6.45) is 6.39. The summed E-state index contributed by atoms with van der Waals surface area (Å²) >= 11 is 0. The Morgan fingerprint density at radius 3 is 2.38 bits per heavy atom. The van der Waals surface area contributed by atoms with Gasteiger partial charge in [0, 0.05) is 38.1 Å². The van der Waals surface area contributed by atoms with Gasteiger partial charge in [0.2, 0.25) is 0 Å². The molecule has 0 saturated carbocycles. The molecule has 2 N–H and O–H groups in total. The van der Waals surface area contributed by atoms with Crippen molar-refractivity contribution in [1.29, 1.82) is 0 Å². The summed E-state index contributed by atoms with van der Waals surface area (Å²) in [5, 5.41) is 4.24. The summed E-state index contributed by atoms with van der Waals surface area (Å²) in [5.74, 6) is 0. The fourth-order valence-corrected chi connectivity index (χ4v) is 2.65. The highest BCUT2D eigenvalue weighted by molar-refractivity contribution is 5.86. The van der Waals surface area contributed by atoms with E-state index in [-0.39, 0.29) is 37.2 Å². The summed E-state index contributed by atoms with van der Waals surface area (Å²) in [5.41, 5.74) is 5.60. The van der Waals surface area contributed by atoms with Crippen LogP contribution in [0.2, 0.25) is 0 Å². The normalized spacial score (nSPS) is 16.0. The van der Waals surface area contributed by atoms with Gasteiger partial charge in [-0.1, -0.05) is 0 Å². The molecule has 5 nitrogen and oxygen atoms in total. The van der Waals surface area contributed by atoms with Gasteiger partial charge >= 0.3 is 0 Å². The van der Waals surface area contributed by atoms with Crippen molar-refractivity contribution < 1.29 is 0 Å². The third-order valence-electron chi connectivity index (χ3n) is 3.87. The van der Waals surface area contributed by atoms with Gasteiger partial charge in [-0.05, 0) is 39.0 Å². The number of rotatable bonds is 6. The highest BCUT2D eigenvalue weighted by Gasteiger charge is 2.21. The van der Waals surface area contributed by atoms with Crippen molar-refractivity contribution in [2.45, 2.75) is 25.4 Å². The lowest BCUT2D eigenvalue weighted by Gasteiger charge is -2.36. The predicted molar refractivity (Wildman–Crippen MR) is 95.1 cm³/mol. The standard InChI is InChI=1S/C13H25N5.3ClH/c1-16(10-5-14)13-3-8-17(9-4-13)11-12-18-7-2-6-15-18;;;/h2,6-7,13H,3-5,8-12,14H2,1H3;3*1H. The lowest BCUT2D eigenvalue weighted by molar-refractivity contribution is 0.126. The first-order valence-corrected chi connectivity index (χ1v) is 6.89. The molecule has 0 aliphatic carbocycles. The van der Waals surface area contributed by atoms with Gasteiger partial charge in [-0.3, -0.25) is 4.68 Å². The number of nitrogens with zero attached hydrogens (tertiary/aromatic N) is 4. The number of hydrogen-bond donors (Lipinski definition) is 1. The quantitative estimate of drug-likeness (QED) is 0.835. The summed E-state index contributed by atoms with van der Waals surface area (Å²) in [7, 11) is 2.19. The number of hydrogen-bond acceptors (Lipinski definition) is 4. The Labute approximate surface area is 146 Å². The summed E-state index contributed by atoms with van der Waals surface area (Å²) in [6.45, 7) is 6.26. The van der Waals surface area contributed by atoms with E-state index in [4.69, 9.17) is 5.73 Å². The minimum absolute atomic E-state index is 0. The molecule has 8 heteroatoms. The molecule has 0 aromatic carbocycles. The van der Waals surface area contributed by atoms with Crippen LogP contribution >= 0.6 is 37.2 Å². The van der Waals surface area contributed by atoms with Gasteiger partial charge in [0.15, 0.2) is 0 Å². The molecule has 1 aromatic heterocycles. The monoisotopic (exact) mass is 359 g/mol. The number of likely N-dealkylation sites (N-methyl/N-ethyl adjacent to an activating group) is 1. The Morgan fingerprint density at radius 1 is 1.19 bits per heavy atom. The molecule has 1 aliphatic heterocycles. The first kappa shape index (κ1) is 23.2. The average molecular weight is 361 g/mol. The molecular weight excluding hydrogens is 333 g/mol. The minimum Gasteiger partial charge on any atom is -0.329 e. The molecule has 2 rings (SSSR count). The first-order chi connectivity index (χ1) is 8.79. The number of likely N-dealkylation sites (tertiary alicyclic amines) is 1. The zero-order valence-electron chi connectivity index (χ0n) is 12.6. The number of piperidine rings is 1. The number of aromatic nitrogens is 2. The maximum atomic E-state index is 5.60. The van der Waals surface area contributed by atoms with Crippen LogP contribution in [-0.4, -0.2) is 65.4 Å². The van der Waals surface area contributed by atoms with Crippen LogP contribution in [0.3, 0.4) is 0 Å². The highest BCUT2D eigenvalue weighted by atomic mass is 35.5. The largest absolute Gasteiger partial charge is 0.329 e. The van der Waals surface area contributed by atoms with Crippen molar-refractivity contribution >= 4 is 37.2 Å². The summed E-state index contributed by atoms with van der Waals surface area (Å²) in [4.78, 5) is 4.94. The molecule has 1 aliphatic rings. The van der Waals surface area contributed by atoms with Crippen molar-refractivity contribution in [3.63, 3.8) is 0 Å². The van der Waals surface area contributed by atoms with Crippen LogP contribution in [0.1, 0.15) is 12.8 Å². The fourth-order valence-electron chi connectivity index (χ4n) is 2.65. The lowest BCUT2D eigenvalue weighted by Crippen LogP contribution is -2.45. The van der Waals surface area contributed by atoms with Crippen LogP contribution in [0.25, 0.3) is 0 Å². The molecule has 0 spiro atoms. The highest BCUT2D eigenvalue weighted by Crippen LogP contribution is 2.14. The molecular formula is C13H28Cl3N5. The topological polar surface area (TPSA) is 50.3 Å². The molecule has 126 valence electrons. The van der Waals surface area contributed by atoms with E-state index in [0.29, 0.717) is 0 Å². The van der Waals surface area contributed by atoms with Crippen LogP contribution in [0.4, 0.5) is 0 Å². The van der Waals surface area contributed by atoms with Crippen LogP contribution in [0.15, 0.2) is 18.5 Å². The van der Waals surface area contributed by atoms with E-state index in [1.807, 2.05) is 23.1 Å². The van der Waals surface area contributed by atoms with Gasteiger partial charge in [0.25, 0.3) is 0 Å². The molecule has 0 unspecified atom stereocenters. The number of halogens is 3. The van der Waals surface area contributed by atoms with E-state index >= 15 is 0 Å². The van der Waals surface area contributed by atoms with Crippen LogP contribution < -0.4 is 5.73 Å². The Bertz CT molecular complexity index is 329. The van der Waals surface area contributed by atoms with E-state index in [1.54, 1.807) is 0 Å². The van der Waals surface area contributed by atoms with E-state index in [2.05, 4.69) is 21.9 Å². The van der Waals surface area contributed by atoms with Gasteiger partial charge in [0.05, 0.1) is 6.54 Å². The fraction of sp³-hybridized carbons (Fsp3) is 0.769. The first-order valence-electron chi connectivity index (χ1n) is 6.89. The SMILES string of the molecule is CN(CCN)C1CCN(CCn2cccn2)CC1.Cl.Cl.Cl. The molecule has 1 fully saturated rings. The van der Waals surface area contributed by atoms with Gasteiger partial charge < -0.3 is 15.5 Å². The molecule has 2 heterocycles. The molecule has 0 atom stereocenters. The van der Waals surface area contributed by atoms with E-state index in [1.165, 1.54) is 25.9 Å². The number of nitrogens with two attached hydrogens (primary N) is 1. The van der Waals surface area contributed by atoms with E-state index in [0.717, 1.165) is 32.2 Å². The van der Waals surface area contributed by atoms with Crippen molar-refractivity contribution in [2.75, 3.05) is 39.8 Å². The summed E-state index contributed by atoms with van der Waals surface area (Å²) in [6, 6.07) is 2.70. The van der Waals surface area contributed by atoms with Gasteiger partial charge in [-0.2, -0.15) is 5.10 Å². The zero-order valence-corrected chi connectivity index (χ0v) is 15.0. The second-order valence-electron chi connectivity index (χ2n) is 5.11. The van der Waals surface area contributed by atoms with Crippen molar-refractivity contribution in [3.05, 3.63) is 18.5 Å². The molecule has 0 radical (unpaired) electrons. The predicted octanol–water partition coefficient (Wildman–Crippen LogP) is 1.50. The van der Waals surface area contributed by atoms with Gasteiger partial charge in [0.1, 0.15) is 0 Å². The average Bonchev–Trinajstić information content (AvgIpc) is 2.90. The Balaban J connectivity index is 0. The van der Waals surface area contributed by atoms with Gasteiger partial charge in [-0.25, -0.2) is 0 Å². The molecule has 1 saturated heterocycles. The smallest absolute Gasteiger partial charge is 0.0536 e. The second kappa shape index (κ2) is 12.5. The second-order valence-corrected chi connectivity index (χ2v) is 5.11. The Morgan fingerprint density at radius 2 is 1.86 bits per heavy atom. The third-order valence-corrected chi connectivity index (χ3v) is 3.87. The maximum absolute atomic E-state index is 5.60. The van der Waals surface area contributed by atoms with E-state index in [9.17, 15) is 0 Å². The summed E-state index contributed by atoms with van der Waals surface area (Å²) < 4.78 is 2.01. The maximum Gasteiger partial charge on any atom is 0.0536 e. The van der Waals surface area contributed by atoms with Crippen molar-refractivity contribution in [1.82, 2.24) is 19.6 Å².